The molecule has 0 spiro atoms. The van der Waals surface area contributed by atoms with Gasteiger partial charge in [0.05, 0.1) is 5.69 Å². The summed E-state index contributed by atoms with van der Waals surface area (Å²) < 4.78 is 20.2. The summed E-state index contributed by atoms with van der Waals surface area (Å²) in [6.45, 7) is 0. The van der Waals surface area contributed by atoms with E-state index in [0.717, 1.165) is 4.47 Å². The van der Waals surface area contributed by atoms with Crippen molar-refractivity contribution in [2.45, 2.75) is 5.60 Å². The van der Waals surface area contributed by atoms with Crippen molar-refractivity contribution in [1.82, 2.24) is 0 Å². The second kappa shape index (κ2) is 4.93. The Kier molecular flexibility index (Phi) is 3.34. The van der Waals surface area contributed by atoms with E-state index >= 15 is 0 Å². The van der Waals surface area contributed by atoms with Gasteiger partial charge in [0.15, 0.2) is 5.60 Å². The van der Waals surface area contributed by atoms with Gasteiger partial charge < -0.3 is 9.64 Å². The van der Waals surface area contributed by atoms with Gasteiger partial charge in [0, 0.05) is 24.2 Å². The summed E-state index contributed by atoms with van der Waals surface area (Å²) >= 11 is 3.37. The molecule has 0 aromatic heterocycles. The van der Waals surface area contributed by atoms with Crippen molar-refractivity contribution >= 4 is 27.5 Å². The van der Waals surface area contributed by atoms with E-state index in [1.54, 1.807) is 25.2 Å². The summed E-state index contributed by atoms with van der Waals surface area (Å²) in [5, 5.41) is 0. The van der Waals surface area contributed by atoms with Gasteiger partial charge in [0.2, 0.25) is 0 Å². The van der Waals surface area contributed by atoms with E-state index in [1.807, 2.05) is 12.1 Å². The first-order valence-corrected chi connectivity index (χ1v) is 7.19. The molecule has 2 aromatic rings. The minimum atomic E-state index is -1.30. The number of carbonyl (C=O) groups is 1. The molecule has 0 fully saturated rings. The van der Waals surface area contributed by atoms with E-state index in [9.17, 15) is 9.18 Å². The van der Waals surface area contributed by atoms with Crippen LogP contribution in [0.3, 0.4) is 0 Å². The molecular formula is C16H13BrFNO2. The van der Waals surface area contributed by atoms with Gasteiger partial charge in [-0.15, -0.1) is 0 Å². The number of carbonyl (C=O) groups excluding carboxylic acids is 1. The molecule has 0 saturated heterocycles. The lowest BCUT2D eigenvalue weighted by molar-refractivity contribution is -0.134. The molecule has 1 aliphatic heterocycles. The quantitative estimate of drug-likeness (QED) is 0.830. The van der Waals surface area contributed by atoms with Crippen molar-refractivity contribution in [3.8, 4) is 0 Å². The maximum absolute atomic E-state index is 13.7. The van der Waals surface area contributed by atoms with Crippen molar-refractivity contribution in [3.05, 3.63) is 63.9 Å². The lowest BCUT2D eigenvalue weighted by atomic mass is 9.87. The number of halogens is 2. The second-order valence-electron chi connectivity index (χ2n) is 4.92. The van der Waals surface area contributed by atoms with E-state index in [2.05, 4.69) is 15.9 Å². The lowest BCUT2D eigenvalue weighted by Gasteiger charge is -2.27. The Balaban J connectivity index is 2.30. The number of benzene rings is 2. The minimum absolute atomic E-state index is 0.229. The molecule has 2 aromatic carbocycles. The molecule has 0 bridgehead atoms. The number of nitrogens with zero attached hydrogens (tertiary/aromatic N) is 1. The SMILES string of the molecule is COC1(c2ccc(Br)cc2)C(=O)N(C)c2ccc(F)cc21. The number of likely N-dealkylation sites (N-methyl/N-ethyl adjacent to an activating group) is 1. The number of amides is 1. The van der Waals surface area contributed by atoms with Gasteiger partial charge in [-0.2, -0.15) is 0 Å². The third-order valence-electron chi connectivity index (χ3n) is 3.86. The number of hydrogen-bond acceptors (Lipinski definition) is 2. The summed E-state index contributed by atoms with van der Waals surface area (Å²) in [5.74, 6) is -0.622. The first-order valence-electron chi connectivity index (χ1n) is 6.40. The monoisotopic (exact) mass is 349 g/mol. The standard InChI is InChI=1S/C16H13BrFNO2/c1-19-14-8-7-12(18)9-13(14)16(21-2,15(19)20)10-3-5-11(17)6-4-10/h3-9H,1-2H3. The number of ether oxygens (including phenoxy) is 1. The van der Waals surface area contributed by atoms with Crippen LogP contribution in [0, 0.1) is 5.82 Å². The molecule has 3 rings (SSSR count). The summed E-state index contributed by atoms with van der Waals surface area (Å²) in [6.07, 6.45) is 0. The predicted molar refractivity (Wildman–Crippen MR) is 81.7 cm³/mol. The average Bonchev–Trinajstić information content (AvgIpc) is 2.69. The summed E-state index contributed by atoms with van der Waals surface area (Å²) in [6, 6.07) is 11.6. The molecule has 1 heterocycles. The van der Waals surface area contributed by atoms with Crippen molar-refractivity contribution < 1.29 is 13.9 Å². The highest BCUT2D eigenvalue weighted by Gasteiger charge is 2.51. The topological polar surface area (TPSA) is 29.5 Å². The molecule has 21 heavy (non-hydrogen) atoms. The Morgan fingerprint density at radius 3 is 2.48 bits per heavy atom. The van der Waals surface area contributed by atoms with Crippen LogP contribution in [0.25, 0.3) is 0 Å². The molecular weight excluding hydrogens is 337 g/mol. The summed E-state index contributed by atoms with van der Waals surface area (Å²) in [4.78, 5) is 14.3. The fourth-order valence-corrected chi connectivity index (χ4v) is 3.09. The van der Waals surface area contributed by atoms with Crippen LogP contribution >= 0.6 is 15.9 Å². The number of anilines is 1. The van der Waals surface area contributed by atoms with Gasteiger partial charge in [-0.05, 0) is 35.9 Å². The van der Waals surface area contributed by atoms with Gasteiger partial charge in [-0.1, -0.05) is 28.1 Å². The largest absolute Gasteiger partial charge is 0.359 e. The van der Waals surface area contributed by atoms with Crippen LogP contribution in [-0.2, 0) is 15.1 Å². The Morgan fingerprint density at radius 2 is 1.86 bits per heavy atom. The van der Waals surface area contributed by atoms with Gasteiger partial charge in [0.25, 0.3) is 5.91 Å². The van der Waals surface area contributed by atoms with Crippen LogP contribution in [0.4, 0.5) is 10.1 Å². The van der Waals surface area contributed by atoms with Crippen molar-refractivity contribution in [1.29, 1.82) is 0 Å². The molecule has 0 N–H and O–H groups in total. The normalized spacial score (nSPS) is 20.8. The number of methoxy groups -OCH3 is 1. The molecule has 1 atom stereocenters. The number of rotatable bonds is 2. The number of fused-ring (bicyclic) bond motifs is 1. The van der Waals surface area contributed by atoms with Crippen LogP contribution in [0.15, 0.2) is 46.9 Å². The van der Waals surface area contributed by atoms with Crippen molar-refractivity contribution in [2.75, 3.05) is 19.1 Å². The van der Waals surface area contributed by atoms with E-state index < -0.39 is 11.4 Å². The molecule has 1 amide bonds. The minimum Gasteiger partial charge on any atom is -0.359 e. The molecule has 0 aliphatic carbocycles. The fraction of sp³-hybridized carbons (Fsp3) is 0.188. The lowest BCUT2D eigenvalue weighted by Crippen LogP contribution is -2.41. The van der Waals surface area contributed by atoms with Crippen LogP contribution < -0.4 is 4.90 Å². The highest BCUT2D eigenvalue weighted by atomic mass is 79.9. The zero-order valence-corrected chi connectivity index (χ0v) is 13.1. The third kappa shape index (κ3) is 1.92. The average molecular weight is 350 g/mol. The maximum atomic E-state index is 13.7. The Labute approximate surface area is 130 Å². The first-order chi connectivity index (χ1) is 10.0. The van der Waals surface area contributed by atoms with E-state index in [4.69, 9.17) is 4.74 Å². The van der Waals surface area contributed by atoms with Gasteiger partial charge in [0.1, 0.15) is 5.82 Å². The van der Waals surface area contributed by atoms with Crippen LogP contribution in [0.2, 0.25) is 0 Å². The first kappa shape index (κ1) is 14.2. The zero-order valence-electron chi connectivity index (χ0n) is 11.6. The highest BCUT2D eigenvalue weighted by molar-refractivity contribution is 9.10. The molecule has 0 radical (unpaired) electrons. The zero-order chi connectivity index (χ0) is 15.2. The number of hydrogen-bond donors (Lipinski definition) is 0. The Morgan fingerprint density at radius 1 is 1.19 bits per heavy atom. The third-order valence-corrected chi connectivity index (χ3v) is 4.39. The van der Waals surface area contributed by atoms with Gasteiger partial charge in [-0.25, -0.2) is 4.39 Å². The van der Waals surface area contributed by atoms with E-state index in [1.165, 1.54) is 24.1 Å². The Hall–Kier alpha value is -1.72. The molecule has 5 heteroatoms. The molecule has 108 valence electrons. The highest BCUT2D eigenvalue weighted by Crippen LogP contribution is 2.46. The van der Waals surface area contributed by atoms with E-state index in [-0.39, 0.29) is 5.91 Å². The second-order valence-corrected chi connectivity index (χ2v) is 5.83. The molecule has 0 saturated carbocycles. The van der Waals surface area contributed by atoms with Crippen LogP contribution in [0.1, 0.15) is 11.1 Å². The summed E-state index contributed by atoms with van der Waals surface area (Å²) in [5.41, 5.74) is 0.563. The molecule has 1 unspecified atom stereocenters. The van der Waals surface area contributed by atoms with Crippen molar-refractivity contribution in [3.63, 3.8) is 0 Å². The van der Waals surface area contributed by atoms with Crippen LogP contribution in [-0.4, -0.2) is 20.1 Å². The van der Waals surface area contributed by atoms with Gasteiger partial charge in [-0.3, -0.25) is 4.79 Å². The fourth-order valence-electron chi connectivity index (χ4n) is 2.82. The Bertz CT molecular complexity index is 717. The smallest absolute Gasteiger partial charge is 0.268 e. The predicted octanol–water partition coefficient (Wildman–Crippen LogP) is 3.45. The van der Waals surface area contributed by atoms with Crippen LogP contribution in [0.5, 0.6) is 0 Å². The maximum Gasteiger partial charge on any atom is 0.268 e. The van der Waals surface area contributed by atoms with Crippen molar-refractivity contribution in [2.24, 2.45) is 0 Å². The summed E-state index contributed by atoms with van der Waals surface area (Å²) in [7, 11) is 3.13. The van der Waals surface area contributed by atoms with E-state index in [0.29, 0.717) is 16.8 Å². The molecule has 1 aliphatic rings. The van der Waals surface area contributed by atoms with Gasteiger partial charge >= 0.3 is 0 Å². The molecule has 3 nitrogen and oxygen atoms in total.